The minimum absolute atomic E-state index is 0.00803. The Morgan fingerprint density at radius 2 is 0.987 bits per heavy atom. The van der Waals surface area contributed by atoms with Crippen molar-refractivity contribution in [1.29, 1.82) is 0 Å². The Morgan fingerprint density at radius 3 is 1.43 bits per heavy atom. The Kier molecular flexibility index (Phi) is 16.2. The molecule has 2 saturated heterocycles. The molecule has 2 aliphatic heterocycles. The second kappa shape index (κ2) is 22.1. The maximum absolute atomic E-state index is 13.5. The van der Waals surface area contributed by atoms with Crippen LogP contribution in [0.25, 0.3) is 0 Å². The smallest absolute Gasteiger partial charge is 0.424 e. The number of hydrogen-bond acceptors (Lipinski definition) is 11. The van der Waals surface area contributed by atoms with Crippen molar-refractivity contribution in [3.63, 3.8) is 0 Å². The molecule has 4 aliphatic rings. The second-order valence-corrected chi connectivity index (χ2v) is 19.1. The van der Waals surface area contributed by atoms with Gasteiger partial charge in [-0.3, -0.25) is 9.97 Å². The molecule has 4 unspecified atom stereocenters. The highest BCUT2D eigenvalue weighted by atomic mass is 79.9. The number of anilines is 2. The fourth-order valence-electron chi connectivity index (χ4n) is 9.84. The number of alkyl halides is 12. The number of halogens is 15. The van der Waals surface area contributed by atoms with Crippen LogP contribution in [-0.2, 0) is 31.9 Å². The lowest BCUT2D eigenvalue weighted by atomic mass is 9.82. The molecule has 0 amide bonds. The summed E-state index contributed by atoms with van der Waals surface area (Å²) in [5.41, 5.74) is 5.37. The second-order valence-electron chi connectivity index (χ2n) is 18.4. The zero-order valence-electron chi connectivity index (χ0n) is 38.9. The van der Waals surface area contributed by atoms with Gasteiger partial charge in [-0.05, 0) is 120 Å². The first-order valence-electron chi connectivity index (χ1n) is 23.1. The number of piperidine rings is 2. The lowest BCUT2D eigenvalue weighted by Crippen LogP contribution is -2.48. The van der Waals surface area contributed by atoms with Crippen LogP contribution < -0.4 is 25.0 Å². The maximum atomic E-state index is 13.5. The molecule has 6 aromatic rings. The Bertz CT molecular complexity index is 2870. The Balaban J connectivity index is 0.000000165. The van der Waals surface area contributed by atoms with Crippen LogP contribution in [0.15, 0.2) is 89.9 Å². The van der Waals surface area contributed by atoms with Crippen LogP contribution in [-0.4, -0.2) is 84.1 Å². The van der Waals surface area contributed by atoms with E-state index < -0.39 is 60.8 Å². The molecule has 0 spiro atoms. The summed E-state index contributed by atoms with van der Waals surface area (Å²) < 4.78 is 192. The number of nitrogens with two attached hydrogens (primary N) is 1. The average molecular weight is 1140 g/mol. The molecular formula is C47H44BrF14N11O2. The zero-order chi connectivity index (χ0) is 54.0. The summed E-state index contributed by atoms with van der Waals surface area (Å²) in [6.07, 6.45) is -11.4. The molecule has 2 aromatic carbocycles. The molecule has 4 atom stereocenters. The number of nitrogens with zero attached hydrogens (tertiary/aromatic N) is 10. The molecule has 0 radical (unpaired) electrons. The van der Waals surface area contributed by atoms with E-state index in [1.807, 2.05) is 9.80 Å². The first kappa shape index (κ1) is 54.9. The summed E-state index contributed by atoms with van der Waals surface area (Å²) in [5, 5.41) is 7.54. The summed E-state index contributed by atoms with van der Waals surface area (Å²) in [6, 6.07) is 14.7. The quantitative estimate of drug-likeness (QED) is 0.131. The summed E-state index contributed by atoms with van der Waals surface area (Å²) in [4.78, 5) is 18.6. The van der Waals surface area contributed by atoms with Crippen LogP contribution in [0.5, 0.6) is 23.5 Å². The third kappa shape index (κ3) is 14.5. The summed E-state index contributed by atoms with van der Waals surface area (Å²) in [7, 11) is 0. The third-order valence-electron chi connectivity index (χ3n) is 13.1. The van der Waals surface area contributed by atoms with Gasteiger partial charge in [-0.1, -0.05) is 12.1 Å². The molecular weight excluding hydrogens is 1100 g/mol. The molecule has 4 aromatic heterocycles. The van der Waals surface area contributed by atoms with Crippen molar-refractivity contribution in [1.82, 2.24) is 39.5 Å². The molecule has 2 aliphatic carbocycles. The highest BCUT2D eigenvalue weighted by molar-refractivity contribution is 9.10. The largest absolute Gasteiger partial charge is 0.433 e. The number of fused-ring (bicyclic) bond motifs is 4. The number of hydrogen-bond donors (Lipinski definition) is 1. The lowest BCUT2D eigenvalue weighted by molar-refractivity contribution is -0.144. The Morgan fingerprint density at radius 1 is 0.560 bits per heavy atom. The normalized spacial score (nSPS) is 21.5. The van der Waals surface area contributed by atoms with Crippen molar-refractivity contribution in [2.75, 3.05) is 36.0 Å². The lowest BCUT2D eigenvalue weighted by Gasteiger charge is -2.39. The SMILES string of the molecule is Fc1cccc(Oc2nc(Br)nn2CC(F)(F)F)c1.Fc1cccc(Oc2nc(CC3C4CCC3CN(c3ccnc(C(F)(F)F)c3)C4)nn2CC(F)(F)F)c1.NC1C2CCC1CN(c1ccnc(C(F)(F)F)c1)C2. The van der Waals surface area contributed by atoms with Crippen LogP contribution in [0.4, 0.5) is 72.8 Å². The topological polar surface area (TPSA) is 138 Å². The molecule has 2 saturated carbocycles. The highest BCUT2D eigenvalue weighted by Gasteiger charge is 2.44. The summed E-state index contributed by atoms with van der Waals surface area (Å²) in [6.45, 7) is -0.246. The van der Waals surface area contributed by atoms with Gasteiger partial charge >= 0.3 is 36.7 Å². The van der Waals surface area contributed by atoms with Crippen LogP contribution in [0.3, 0.4) is 0 Å². The van der Waals surface area contributed by atoms with Crippen LogP contribution in [0.1, 0.15) is 42.9 Å². The van der Waals surface area contributed by atoms with Gasteiger partial charge in [0.05, 0.1) is 0 Å². The number of aromatic nitrogens is 8. The first-order valence-corrected chi connectivity index (χ1v) is 23.9. The molecule has 75 heavy (non-hydrogen) atoms. The Hall–Kier alpha value is -6.32. The number of ether oxygens (including phenoxy) is 2. The Labute approximate surface area is 426 Å². The van der Waals surface area contributed by atoms with E-state index >= 15 is 0 Å². The molecule has 28 heteroatoms. The highest BCUT2D eigenvalue weighted by Crippen LogP contribution is 2.45. The predicted octanol–water partition coefficient (Wildman–Crippen LogP) is 11.7. The third-order valence-corrected chi connectivity index (χ3v) is 13.5. The van der Waals surface area contributed by atoms with Gasteiger partial charge in [0.15, 0.2) is 5.82 Å². The number of rotatable bonds is 10. The molecule has 13 nitrogen and oxygen atoms in total. The van der Waals surface area contributed by atoms with Crippen molar-refractivity contribution in [3.05, 3.63) is 119 Å². The van der Waals surface area contributed by atoms with Crippen LogP contribution >= 0.6 is 15.9 Å². The van der Waals surface area contributed by atoms with Crippen LogP contribution in [0, 0.1) is 41.2 Å². The molecule has 10 rings (SSSR count). The van der Waals surface area contributed by atoms with E-state index in [4.69, 9.17) is 15.2 Å². The minimum atomic E-state index is -4.57. The molecule has 4 bridgehead atoms. The van der Waals surface area contributed by atoms with Crippen molar-refractivity contribution in [2.24, 2.45) is 35.3 Å². The minimum Gasteiger partial charge on any atom is -0.424 e. The van der Waals surface area contributed by atoms with Gasteiger partial charge in [-0.2, -0.15) is 67.8 Å². The van der Waals surface area contributed by atoms with Gasteiger partial charge < -0.3 is 25.0 Å². The predicted molar refractivity (Wildman–Crippen MR) is 243 cm³/mol. The van der Waals surface area contributed by atoms with Gasteiger partial charge in [0.25, 0.3) is 0 Å². The van der Waals surface area contributed by atoms with E-state index in [2.05, 4.69) is 46.1 Å². The van der Waals surface area contributed by atoms with E-state index in [0.29, 0.717) is 52.1 Å². The van der Waals surface area contributed by atoms with E-state index in [0.717, 1.165) is 69.2 Å². The molecule has 4 fully saturated rings. The average Bonchev–Trinajstić information content (AvgIpc) is 3.96. The van der Waals surface area contributed by atoms with Crippen molar-refractivity contribution in [3.8, 4) is 23.5 Å². The van der Waals surface area contributed by atoms with Gasteiger partial charge in [-0.15, -0.1) is 5.10 Å². The van der Waals surface area contributed by atoms with E-state index in [1.54, 1.807) is 12.1 Å². The van der Waals surface area contributed by atoms with Gasteiger partial charge in [0, 0.05) is 74.5 Å². The first-order chi connectivity index (χ1) is 35.2. The molecule has 2 N–H and O–H groups in total. The number of benzene rings is 2. The van der Waals surface area contributed by atoms with Gasteiger partial charge in [-0.25, -0.2) is 18.1 Å². The van der Waals surface area contributed by atoms with Crippen molar-refractivity contribution in [2.45, 2.75) is 75.9 Å². The standard InChI is InChI=1S/C24H22F7N5O.C13H16F3N3.C10H6BrF4N3O/c25-16-2-1-3-18(8-16)37-22-33-21(34-36(22)13-23(26,27)28)10-19-14-4-5-15(19)12-35(11-14)17-6-7-32-20(9-17)24(29,30)31;14-13(15,16)11-5-10(3-4-18-11)19-6-8-1-2-9(7-19)12(8)17;11-8-16-9(18(17-8)5-10(13,14)15)19-7-3-1-2-6(12)4-7/h1-3,6-9,14-15,19H,4-5,10-13H2;3-5,8-9,12H,1-2,6-7,17H2;1-4H,5H2. The maximum Gasteiger partial charge on any atom is 0.433 e. The number of pyridine rings is 2. The monoisotopic (exact) mass is 1140 g/mol. The van der Waals surface area contributed by atoms with E-state index in [1.165, 1.54) is 42.6 Å². The van der Waals surface area contributed by atoms with E-state index in [9.17, 15) is 61.5 Å². The fraction of sp³-hybridized carbons (Fsp3) is 0.447. The summed E-state index contributed by atoms with van der Waals surface area (Å²) >= 11 is 2.85. The molecule has 6 heterocycles. The molecule has 404 valence electrons. The van der Waals surface area contributed by atoms with Crippen molar-refractivity contribution < 1.29 is 70.9 Å². The fourth-order valence-corrected chi connectivity index (χ4v) is 10.2. The zero-order valence-corrected chi connectivity index (χ0v) is 40.4. The summed E-state index contributed by atoms with van der Waals surface area (Å²) in [5.74, 6) is 0.111. The van der Waals surface area contributed by atoms with Crippen LogP contribution in [0.2, 0.25) is 0 Å². The van der Waals surface area contributed by atoms with Gasteiger partial charge in [0.1, 0.15) is 47.6 Å². The van der Waals surface area contributed by atoms with Crippen molar-refractivity contribution >= 4 is 27.3 Å². The van der Waals surface area contributed by atoms with E-state index in [-0.39, 0.29) is 57.9 Å². The van der Waals surface area contributed by atoms with Gasteiger partial charge in [0.2, 0.25) is 4.73 Å².